The maximum absolute atomic E-state index is 13.8. The van der Waals surface area contributed by atoms with E-state index in [0.717, 1.165) is 11.1 Å². The van der Waals surface area contributed by atoms with Gasteiger partial charge in [0.05, 0.1) is 11.7 Å². The van der Waals surface area contributed by atoms with E-state index < -0.39 is 5.82 Å². The van der Waals surface area contributed by atoms with Crippen molar-refractivity contribution in [1.29, 1.82) is 5.26 Å². The summed E-state index contributed by atoms with van der Waals surface area (Å²) >= 11 is 0. The topological polar surface area (TPSA) is 27.0 Å². The van der Waals surface area contributed by atoms with Gasteiger partial charge in [-0.1, -0.05) is 12.1 Å². The van der Waals surface area contributed by atoms with Gasteiger partial charge in [-0.2, -0.15) is 5.26 Å². The van der Waals surface area contributed by atoms with Crippen LogP contribution in [0.15, 0.2) is 36.4 Å². The third-order valence-electron chi connectivity index (χ3n) is 4.06. The van der Waals surface area contributed by atoms with Crippen LogP contribution >= 0.6 is 0 Å². The van der Waals surface area contributed by atoms with Gasteiger partial charge >= 0.3 is 0 Å². The molecule has 1 atom stereocenters. The van der Waals surface area contributed by atoms with Crippen LogP contribution in [-0.2, 0) is 6.42 Å². The predicted molar refractivity (Wildman–Crippen MR) is 77.0 cm³/mol. The molecule has 0 fully saturated rings. The molecule has 0 radical (unpaired) electrons. The van der Waals surface area contributed by atoms with Crippen molar-refractivity contribution < 1.29 is 8.78 Å². The van der Waals surface area contributed by atoms with E-state index in [-0.39, 0.29) is 17.4 Å². The molecular formula is C17H14F2N2. The van der Waals surface area contributed by atoms with Gasteiger partial charge in [0.1, 0.15) is 23.3 Å². The Morgan fingerprint density at radius 3 is 2.81 bits per heavy atom. The third-order valence-corrected chi connectivity index (χ3v) is 4.06. The van der Waals surface area contributed by atoms with E-state index in [1.807, 2.05) is 17.9 Å². The van der Waals surface area contributed by atoms with Crippen LogP contribution in [0.25, 0.3) is 0 Å². The number of anilines is 1. The Morgan fingerprint density at radius 2 is 2.05 bits per heavy atom. The first-order valence-corrected chi connectivity index (χ1v) is 6.85. The molecule has 2 aromatic carbocycles. The molecule has 0 aromatic heterocycles. The largest absolute Gasteiger partial charge is 0.363 e. The standard InChI is InChI=1S/C17H14F2N2/c1-11-14-6-5-13(18)9-12(14)7-8-21(11)17-4-2-3-16(19)15(17)10-20/h2-6,9,11H,7-8H2,1H3. The van der Waals surface area contributed by atoms with Gasteiger partial charge < -0.3 is 4.90 Å². The van der Waals surface area contributed by atoms with Crippen LogP contribution in [0, 0.1) is 23.0 Å². The lowest BCUT2D eigenvalue weighted by molar-refractivity contribution is 0.592. The van der Waals surface area contributed by atoms with Crippen molar-refractivity contribution in [3.8, 4) is 6.07 Å². The lowest BCUT2D eigenvalue weighted by Gasteiger charge is -2.37. The highest BCUT2D eigenvalue weighted by Crippen LogP contribution is 2.35. The van der Waals surface area contributed by atoms with E-state index in [2.05, 4.69) is 0 Å². The van der Waals surface area contributed by atoms with Crippen molar-refractivity contribution in [1.82, 2.24) is 0 Å². The van der Waals surface area contributed by atoms with Gasteiger partial charge in [0, 0.05) is 6.54 Å². The van der Waals surface area contributed by atoms with Crippen molar-refractivity contribution in [2.24, 2.45) is 0 Å². The monoisotopic (exact) mass is 284 g/mol. The number of benzene rings is 2. The number of hydrogen-bond donors (Lipinski definition) is 0. The SMILES string of the molecule is CC1c2ccc(F)cc2CCN1c1cccc(F)c1C#N. The number of hydrogen-bond acceptors (Lipinski definition) is 2. The minimum atomic E-state index is -0.507. The minimum absolute atomic E-state index is 0.0248. The van der Waals surface area contributed by atoms with Crippen molar-refractivity contribution >= 4 is 5.69 Å². The van der Waals surface area contributed by atoms with E-state index in [0.29, 0.717) is 18.7 Å². The molecule has 2 nitrogen and oxygen atoms in total. The quantitative estimate of drug-likeness (QED) is 0.792. The summed E-state index contributed by atoms with van der Waals surface area (Å²) in [7, 11) is 0. The van der Waals surface area contributed by atoms with E-state index in [9.17, 15) is 14.0 Å². The van der Waals surface area contributed by atoms with Gasteiger partial charge in [-0.05, 0) is 48.7 Å². The molecule has 0 spiro atoms. The van der Waals surface area contributed by atoms with Gasteiger partial charge in [0.15, 0.2) is 0 Å². The summed E-state index contributed by atoms with van der Waals surface area (Å²) in [4.78, 5) is 2.00. The molecule has 106 valence electrons. The summed E-state index contributed by atoms with van der Waals surface area (Å²) in [6, 6.07) is 11.3. The molecule has 2 aromatic rings. The van der Waals surface area contributed by atoms with Gasteiger partial charge in [0.2, 0.25) is 0 Å². The second-order valence-corrected chi connectivity index (χ2v) is 5.21. The van der Waals surface area contributed by atoms with Crippen LogP contribution in [0.3, 0.4) is 0 Å². The fourth-order valence-electron chi connectivity index (χ4n) is 2.99. The fourth-order valence-corrected chi connectivity index (χ4v) is 2.99. The Balaban J connectivity index is 2.05. The number of rotatable bonds is 1. The molecule has 1 unspecified atom stereocenters. The van der Waals surface area contributed by atoms with Gasteiger partial charge in [-0.3, -0.25) is 0 Å². The highest BCUT2D eigenvalue weighted by Gasteiger charge is 2.26. The Bertz CT molecular complexity index is 734. The summed E-state index contributed by atoms with van der Waals surface area (Å²) in [5, 5.41) is 9.18. The van der Waals surface area contributed by atoms with Gasteiger partial charge in [-0.25, -0.2) is 8.78 Å². The molecule has 1 aliphatic heterocycles. The second kappa shape index (κ2) is 5.17. The van der Waals surface area contributed by atoms with Crippen LogP contribution in [-0.4, -0.2) is 6.54 Å². The lowest BCUT2D eigenvalue weighted by Crippen LogP contribution is -2.34. The first kappa shape index (κ1) is 13.6. The molecular weight excluding hydrogens is 270 g/mol. The van der Waals surface area contributed by atoms with Crippen molar-refractivity contribution in [3.05, 3.63) is 64.7 Å². The smallest absolute Gasteiger partial charge is 0.143 e. The van der Waals surface area contributed by atoms with Crippen molar-refractivity contribution in [3.63, 3.8) is 0 Å². The molecule has 1 heterocycles. The first-order valence-electron chi connectivity index (χ1n) is 6.85. The number of nitrogens with zero attached hydrogens (tertiary/aromatic N) is 2. The molecule has 0 bridgehead atoms. The van der Waals surface area contributed by atoms with Crippen molar-refractivity contribution in [2.75, 3.05) is 11.4 Å². The predicted octanol–water partition coefficient (Wildman–Crippen LogP) is 3.96. The molecule has 21 heavy (non-hydrogen) atoms. The summed E-state index contributed by atoms with van der Waals surface area (Å²) < 4.78 is 27.1. The Kier molecular flexibility index (Phi) is 3.34. The molecule has 0 N–H and O–H groups in total. The van der Waals surface area contributed by atoms with E-state index in [1.54, 1.807) is 24.3 Å². The van der Waals surface area contributed by atoms with Crippen LogP contribution in [0.2, 0.25) is 0 Å². The van der Waals surface area contributed by atoms with Crippen LogP contribution in [0.1, 0.15) is 29.7 Å². The molecule has 4 heteroatoms. The molecule has 0 aliphatic carbocycles. The number of nitriles is 1. The molecule has 0 amide bonds. The highest BCUT2D eigenvalue weighted by atomic mass is 19.1. The second-order valence-electron chi connectivity index (χ2n) is 5.21. The Morgan fingerprint density at radius 1 is 1.24 bits per heavy atom. The minimum Gasteiger partial charge on any atom is -0.363 e. The maximum atomic E-state index is 13.8. The van der Waals surface area contributed by atoms with Gasteiger partial charge in [0.25, 0.3) is 0 Å². The maximum Gasteiger partial charge on any atom is 0.143 e. The summed E-state index contributed by atoms with van der Waals surface area (Å²) in [5.41, 5.74) is 2.67. The Hall–Kier alpha value is -2.41. The molecule has 0 saturated heterocycles. The zero-order valence-corrected chi connectivity index (χ0v) is 11.6. The van der Waals surface area contributed by atoms with Crippen LogP contribution in [0.4, 0.5) is 14.5 Å². The van der Waals surface area contributed by atoms with E-state index >= 15 is 0 Å². The summed E-state index contributed by atoms with van der Waals surface area (Å²) in [5.74, 6) is -0.745. The summed E-state index contributed by atoms with van der Waals surface area (Å²) in [6.07, 6.45) is 0.679. The molecule has 3 rings (SSSR count). The molecule has 1 aliphatic rings. The number of fused-ring (bicyclic) bond motifs is 1. The van der Waals surface area contributed by atoms with Crippen molar-refractivity contribution in [2.45, 2.75) is 19.4 Å². The molecule has 0 saturated carbocycles. The first-order chi connectivity index (χ1) is 10.1. The zero-order valence-electron chi connectivity index (χ0n) is 11.6. The van der Waals surface area contributed by atoms with Gasteiger partial charge in [-0.15, -0.1) is 0 Å². The van der Waals surface area contributed by atoms with E-state index in [4.69, 9.17) is 0 Å². The average molecular weight is 284 g/mol. The summed E-state index contributed by atoms with van der Waals surface area (Å²) in [6.45, 7) is 2.62. The van der Waals surface area contributed by atoms with Crippen LogP contribution < -0.4 is 4.90 Å². The number of halogens is 2. The Labute approximate surface area is 122 Å². The average Bonchev–Trinajstić information content (AvgIpc) is 2.47. The fraction of sp³-hybridized carbons (Fsp3) is 0.235. The highest BCUT2D eigenvalue weighted by molar-refractivity contribution is 5.62. The van der Waals surface area contributed by atoms with Crippen LogP contribution in [0.5, 0.6) is 0 Å². The zero-order chi connectivity index (χ0) is 15.0. The lowest BCUT2D eigenvalue weighted by atomic mass is 9.92. The normalized spacial score (nSPS) is 17.2. The third kappa shape index (κ3) is 2.25. The van der Waals surface area contributed by atoms with E-state index in [1.165, 1.54) is 12.1 Å².